The average Bonchev–Trinajstić information content (AvgIpc) is 2.80. The van der Waals surface area contributed by atoms with Gasteiger partial charge in [0.05, 0.1) is 0 Å². The molecule has 0 aliphatic heterocycles. The minimum absolute atomic E-state index is 0.910. The fourth-order valence-corrected chi connectivity index (χ4v) is 1.31. The number of terminal acetylenes is 1. The van der Waals surface area contributed by atoms with Crippen molar-refractivity contribution in [2.75, 3.05) is 0 Å². The van der Waals surface area contributed by atoms with E-state index in [0.717, 1.165) is 11.1 Å². The van der Waals surface area contributed by atoms with Gasteiger partial charge in [-0.15, -0.1) is 6.42 Å². The Morgan fingerprint density at radius 2 is 1.73 bits per heavy atom. The van der Waals surface area contributed by atoms with Gasteiger partial charge in [-0.05, 0) is 35.9 Å². The van der Waals surface area contributed by atoms with E-state index < -0.39 is 0 Å². The fourth-order valence-electron chi connectivity index (χ4n) is 1.31. The van der Waals surface area contributed by atoms with Crippen molar-refractivity contribution in [3.05, 3.63) is 59.9 Å². The van der Waals surface area contributed by atoms with Gasteiger partial charge >= 0.3 is 0 Å². The number of hydrogen-bond acceptors (Lipinski definition) is 0. The summed E-state index contributed by atoms with van der Waals surface area (Å²) in [6, 6.07) is 11.9. The Balaban J connectivity index is 2.15. The molecule has 0 radical (unpaired) electrons. The zero-order valence-electron chi connectivity index (χ0n) is 8.30. The van der Waals surface area contributed by atoms with Crippen molar-refractivity contribution < 1.29 is 0 Å². The zero-order chi connectivity index (χ0) is 10.5. The molecule has 0 N–H and O–H groups in total. The summed E-state index contributed by atoms with van der Waals surface area (Å²) in [4.78, 5) is 0. The van der Waals surface area contributed by atoms with Gasteiger partial charge in [-0.1, -0.05) is 18.1 Å². The number of nitrogens with zero attached hydrogens (tertiary/aromatic N) is 1. The third kappa shape index (κ3) is 2.38. The highest BCUT2D eigenvalue weighted by Gasteiger charge is 1.87. The maximum Gasteiger partial charge on any atom is 0.0243 e. The standard InChI is InChI=1S/C14H11N/c1-2-13-5-7-14(8-6-13)9-12-15-10-3-4-11-15/h1,3-12H/b12-9-. The largest absolute Gasteiger partial charge is 0.331 e. The van der Waals surface area contributed by atoms with Crippen LogP contribution in [0.3, 0.4) is 0 Å². The van der Waals surface area contributed by atoms with E-state index >= 15 is 0 Å². The van der Waals surface area contributed by atoms with Crippen LogP contribution in [-0.4, -0.2) is 4.57 Å². The molecule has 0 aliphatic rings. The Morgan fingerprint density at radius 3 is 2.33 bits per heavy atom. The van der Waals surface area contributed by atoms with Crippen LogP contribution in [0.4, 0.5) is 0 Å². The van der Waals surface area contributed by atoms with E-state index in [1.807, 2.05) is 65.6 Å². The summed E-state index contributed by atoms with van der Waals surface area (Å²) < 4.78 is 2.00. The second-order valence-corrected chi connectivity index (χ2v) is 3.21. The van der Waals surface area contributed by atoms with E-state index in [4.69, 9.17) is 6.42 Å². The third-order valence-electron chi connectivity index (χ3n) is 2.14. The molecule has 0 spiro atoms. The minimum Gasteiger partial charge on any atom is -0.331 e. The summed E-state index contributed by atoms with van der Waals surface area (Å²) in [7, 11) is 0. The van der Waals surface area contributed by atoms with Crippen molar-refractivity contribution in [1.29, 1.82) is 0 Å². The highest BCUT2D eigenvalue weighted by Crippen LogP contribution is 2.06. The molecule has 1 heterocycles. The molecule has 72 valence electrons. The highest BCUT2D eigenvalue weighted by atomic mass is 14.9. The van der Waals surface area contributed by atoms with Crippen molar-refractivity contribution in [3.8, 4) is 12.3 Å². The molecule has 0 saturated heterocycles. The minimum atomic E-state index is 0.910. The van der Waals surface area contributed by atoms with Crippen LogP contribution in [0.2, 0.25) is 0 Å². The normalized spacial score (nSPS) is 10.3. The van der Waals surface area contributed by atoms with Crippen molar-refractivity contribution in [1.82, 2.24) is 4.57 Å². The van der Waals surface area contributed by atoms with Crippen molar-refractivity contribution in [2.45, 2.75) is 0 Å². The molecule has 0 amide bonds. The van der Waals surface area contributed by atoms with E-state index in [2.05, 4.69) is 5.92 Å². The van der Waals surface area contributed by atoms with Crippen LogP contribution in [0.25, 0.3) is 12.3 Å². The molecule has 1 nitrogen and oxygen atoms in total. The van der Waals surface area contributed by atoms with E-state index in [1.54, 1.807) is 0 Å². The fraction of sp³-hybridized carbons (Fsp3) is 0. The molecule has 2 rings (SSSR count). The van der Waals surface area contributed by atoms with Crippen LogP contribution >= 0.6 is 0 Å². The molecular formula is C14H11N. The first-order chi connectivity index (χ1) is 7.38. The van der Waals surface area contributed by atoms with Crippen LogP contribution in [0.1, 0.15) is 11.1 Å². The zero-order valence-corrected chi connectivity index (χ0v) is 8.30. The second kappa shape index (κ2) is 4.34. The Morgan fingerprint density at radius 1 is 1.07 bits per heavy atom. The van der Waals surface area contributed by atoms with Gasteiger partial charge in [0.15, 0.2) is 0 Å². The molecule has 0 aliphatic carbocycles. The lowest BCUT2D eigenvalue weighted by atomic mass is 10.1. The maximum absolute atomic E-state index is 5.28. The molecule has 0 unspecified atom stereocenters. The van der Waals surface area contributed by atoms with Gasteiger partial charge in [0, 0.05) is 24.2 Å². The first-order valence-electron chi connectivity index (χ1n) is 4.76. The average molecular weight is 193 g/mol. The smallest absolute Gasteiger partial charge is 0.0243 e. The Kier molecular flexibility index (Phi) is 2.71. The van der Waals surface area contributed by atoms with Gasteiger partial charge in [0.25, 0.3) is 0 Å². The van der Waals surface area contributed by atoms with Crippen LogP contribution in [0.15, 0.2) is 48.8 Å². The Hall–Kier alpha value is -2.20. The highest BCUT2D eigenvalue weighted by molar-refractivity contribution is 5.61. The summed E-state index contributed by atoms with van der Waals surface area (Å²) in [5.41, 5.74) is 2.05. The van der Waals surface area contributed by atoms with Crippen molar-refractivity contribution >= 4 is 12.3 Å². The van der Waals surface area contributed by atoms with Gasteiger partial charge in [0.1, 0.15) is 0 Å². The van der Waals surface area contributed by atoms with E-state index in [0.29, 0.717) is 0 Å². The molecule has 1 heteroatoms. The van der Waals surface area contributed by atoms with Gasteiger partial charge in [-0.25, -0.2) is 0 Å². The monoisotopic (exact) mass is 193 g/mol. The lowest BCUT2D eigenvalue weighted by Gasteiger charge is -1.95. The molecule has 2 aromatic rings. The molecule has 1 aromatic carbocycles. The third-order valence-corrected chi connectivity index (χ3v) is 2.14. The lowest BCUT2D eigenvalue weighted by Crippen LogP contribution is -1.79. The van der Waals surface area contributed by atoms with Crippen LogP contribution in [0, 0.1) is 12.3 Å². The van der Waals surface area contributed by atoms with Crippen LogP contribution < -0.4 is 0 Å². The number of rotatable bonds is 2. The van der Waals surface area contributed by atoms with Crippen molar-refractivity contribution in [2.24, 2.45) is 0 Å². The Labute approximate surface area is 89.7 Å². The number of hydrogen-bond donors (Lipinski definition) is 0. The molecular weight excluding hydrogens is 182 g/mol. The summed E-state index contributed by atoms with van der Waals surface area (Å²) >= 11 is 0. The number of aromatic nitrogens is 1. The topological polar surface area (TPSA) is 4.93 Å². The quantitative estimate of drug-likeness (QED) is 0.646. The summed E-state index contributed by atoms with van der Waals surface area (Å²) in [5, 5.41) is 0. The lowest BCUT2D eigenvalue weighted by molar-refractivity contribution is 1.18. The van der Waals surface area contributed by atoms with E-state index in [9.17, 15) is 0 Å². The molecule has 1 aromatic heterocycles. The van der Waals surface area contributed by atoms with Crippen LogP contribution in [0.5, 0.6) is 0 Å². The van der Waals surface area contributed by atoms with Gasteiger partial charge in [0.2, 0.25) is 0 Å². The Bertz CT molecular complexity index is 481. The maximum atomic E-state index is 5.28. The summed E-state index contributed by atoms with van der Waals surface area (Å²) in [6.07, 6.45) is 13.3. The van der Waals surface area contributed by atoms with Gasteiger partial charge in [-0.2, -0.15) is 0 Å². The van der Waals surface area contributed by atoms with E-state index in [-0.39, 0.29) is 0 Å². The number of benzene rings is 1. The predicted octanol–water partition coefficient (Wildman–Crippen LogP) is 3.10. The first-order valence-corrected chi connectivity index (χ1v) is 4.76. The van der Waals surface area contributed by atoms with Gasteiger partial charge < -0.3 is 4.57 Å². The van der Waals surface area contributed by atoms with Crippen molar-refractivity contribution in [3.63, 3.8) is 0 Å². The van der Waals surface area contributed by atoms with Gasteiger partial charge in [-0.3, -0.25) is 0 Å². The molecule has 0 fully saturated rings. The molecule has 0 atom stereocenters. The second-order valence-electron chi connectivity index (χ2n) is 3.21. The molecule has 15 heavy (non-hydrogen) atoms. The van der Waals surface area contributed by atoms with E-state index in [1.165, 1.54) is 0 Å². The SMILES string of the molecule is C#Cc1ccc(/C=C\n2cccc2)cc1. The molecule has 0 saturated carbocycles. The molecule has 0 bridgehead atoms. The first kappa shape index (κ1) is 9.36. The van der Waals surface area contributed by atoms with Crippen LogP contribution in [-0.2, 0) is 0 Å². The summed E-state index contributed by atoms with van der Waals surface area (Å²) in [5.74, 6) is 2.59. The summed E-state index contributed by atoms with van der Waals surface area (Å²) in [6.45, 7) is 0. The predicted molar refractivity (Wildman–Crippen MR) is 64.0 cm³/mol.